The Morgan fingerprint density at radius 1 is 0.978 bits per heavy atom. The van der Waals surface area contributed by atoms with Crippen molar-refractivity contribution in [2.75, 3.05) is 37.8 Å². The minimum Gasteiger partial charge on any atom is -0.377 e. The molecule has 5 rings (SSSR count). The highest BCUT2D eigenvalue weighted by Crippen LogP contribution is 2.32. The Balaban J connectivity index is 1.36. The first-order chi connectivity index (χ1) is 21.5. The number of Topliss-reactive ketones (excluding diaryl/α,β-unsaturated/α-hetero) is 2. The Kier molecular flexibility index (Phi) is 9.86. The molecule has 0 bridgehead atoms. The van der Waals surface area contributed by atoms with Crippen LogP contribution in [0.5, 0.6) is 0 Å². The lowest BCUT2D eigenvalue weighted by atomic mass is 9.77. The molecule has 1 saturated carbocycles. The second-order valence-corrected chi connectivity index (χ2v) is 14.7. The highest BCUT2D eigenvalue weighted by Gasteiger charge is 2.30. The summed E-state index contributed by atoms with van der Waals surface area (Å²) < 4.78 is 26.7. The van der Waals surface area contributed by atoms with E-state index in [0.717, 1.165) is 47.9 Å². The van der Waals surface area contributed by atoms with Crippen LogP contribution in [0.25, 0.3) is 11.1 Å². The first-order valence-corrected chi connectivity index (χ1v) is 17.0. The fraction of sp³-hybridized carbons (Fsp3) is 0.400. The maximum atomic E-state index is 13.7. The first kappa shape index (κ1) is 32.5. The lowest BCUT2D eigenvalue weighted by Crippen LogP contribution is -2.31. The molecule has 2 aliphatic rings. The smallest absolute Gasteiger partial charge is 0.242 e. The van der Waals surface area contributed by atoms with E-state index >= 15 is 0 Å². The molecule has 0 saturated heterocycles. The Bertz CT molecular complexity index is 1690. The second-order valence-electron chi connectivity index (χ2n) is 12.5. The molecule has 0 spiro atoms. The van der Waals surface area contributed by atoms with Gasteiger partial charge in [0, 0.05) is 49.3 Å². The van der Waals surface area contributed by atoms with Gasteiger partial charge in [-0.25, -0.2) is 12.7 Å². The molecule has 1 amide bonds. The molecule has 4 N–H and O–H groups in total. The number of aryl methyl sites for hydroxylation is 1. The van der Waals surface area contributed by atoms with Crippen molar-refractivity contribution in [3.8, 4) is 11.1 Å². The third-order valence-electron chi connectivity index (χ3n) is 9.22. The molecule has 9 nitrogen and oxygen atoms in total. The zero-order valence-corrected chi connectivity index (χ0v) is 27.0. The van der Waals surface area contributed by atoms with E-state index in [9.17, 15) is 22.8 Å². The number of anilines is 2. The molecule has 10 heteroatoms. The van der Waals surface area contributed by atoms with Gasteiger partial charge in [-0.05, 0) is 104 Å². The number of nitrogens with two attached hydrogens (primary N) is 1. The number of rotatable bonds is 11. The van der Waals surface area contributed by atoms with E-state index in [4.69, 9.17) is 5.73 Å². The van der Waals surface area contributed by atoms with Gasteiger partial charge < -0.3 is 16.4 Å². The Morgan fingerprint density at radius 2 is 1.69 bits per heavy atom. The standard InChI is InChI=1S/C35H42N4O5S/c1-22-4-14-29(45(43,44)39(2)3)19-31(22)25-9-5-23(6-10-25)16-27(17-33(40)26-11-7-24(20-36)8-12-26)35(42)38-28-13-15-30-32(18-28)37-21-34(30)41/h4-6,9-10,13-15,18-19,24,26-27,37H,7-8,11-12,16-17,20-21,36H2,1-3H3,(H,38,42)/t24?,26?,27-/m1/s1. The van der Waals surface area contributed by atoms with Crippen LogP contribution in [0.15, 0.2) is 65.6 Å². The van der Waals surface area contributed by atoms with Crippen molar-refractivity contribution in [3.63, 3.8) is 0 Å². The van der Waals surface area contributed by atoms with Crippen molar-refractivity contribution in [2.24, 2.45) is 23.5 Å². The predicted octanol–water partition coefficient (Wildman–Crippen LogP) is 5.04. The highest BCUT2D eigenvalue weighted by atomic mass is 32.2. The van der Waals surface area contributed by atoms with Gasteiger partial charge >= 0.3 is 0 Å². The number of hydrogen-bond acceptors (Lipinski definition) is 7. The lowest BCUT2D eigenvalue weighted by molar-refractivity contribution is -0.129. The van der Waals surface area contributed by atoms with E-state index in [2.05, 4.69) is 10.6 Å². The van der Waals surface area contributed by atoms with Crippen LogP contribution in [0.2, 0.25) is 0 Å². The minimum atomic E-state index is -3.59. The lowest BCUT2D eigenvalue weighted by Gasteiger charge is -2.27. The van der Waals surface area contributed by atoms with Crippen molar-refractivity contribution < 1.29 is 22.8 Å². The van der Waals surface area contributed by atoms with Crippen LogP contribution in [0.1, 0.15) is 53.6 Å². The molecule has 1 atom stereocenters. The fourth-order valence-corrected chi connectivity index (χ4v) is 7.23. The predicted molar refractivity (Wildman–Crippen MR) is 177 cm³/mol. The number of carbonyl (C=O) groups is 3. The summed E-state index contributed by atoms with van der Waals surface area (Å²) in [6.07, 6.45) is 3.97. The Labute approximate surface area is 265 Å². The number of hydrogen-bond donors (Lipinski definition) is 3. The summed E-state index contributed by atoms with van der Waals surface area (Å²) >= 11 is 0. The van der Waals surface area contributed by atoms with Crippen molar-refractivity contribution in [3.05, 3.63) is 77.4 Å². The van der Waals surface area contributed by atoms with Gasteiger partial charge in [-0.3, -0.25) is 14.4 Å². The van der Waals surface area contributed by atoms with Gasteiger partial charge in [0.15, 0.2) is 5.78 Å². The summed E-state index contributed by atoms with van der Waals surface area (Å²) in [5, 5.41) is 6.04. The number of carbonyl (C=O) groups excluding carboxylic acids is 3. The van der Waals surface area contributed by atoms with Gasteiger partial charge in [0.25, 0.3) is 0 Å². The number of amides is 1. The second kappa shape index (κ2) is 13.6. The number of sulfonamides is 1. The van der Waals surface area contributed by atoms with Crippen LogP contribution in [0.4, 0.5) is 11.4 Å². The molecule has 3 aromatic carbocycles. The molecule has 45 heavy (non-hydrogen) atoms. The summed E-state index contributed by atoms with van der Waals surface area (Å²) in [5.74, 6) is -0.314. The van der Waals surface area contributed by atoms with Crippen LogP contribution in [0.3, 0.4) is 0 Å². The fourth-order valence-electron chi connectivity index (χ4n) is 6.30. The molecule has 0 aromatic heterocycles. The maximum absolute atomic E-state index is 13.7. The summed E-state index contributed by atoms with van der Waals surface area (Å²) in [6, 6.07) is 18.0. The number of benzene rings is 3. The molecule has 3 aromatic rings. The van der Waals surface area contributed by atoms with E-state index in [0.29, 0.717) is 35.8 Å². The van der Waals surface area contributed by atoms with Gasteiger partial charge in [0.05, 0.1) is 11.4 Å². The molecule has 1 aliphatic carbocycles. The topological polar surface area (TPSA) is 139 Å². The molecule has 1 aliphatic heterocycles. The van der Waals surface area contributed by atoms with Crippen LogP contribution in [0, 0.1) is 24.7 Å². The normalized spacial score (nSPS) is 18.7. The average molecular weight is 631 g/mol. The maximum Gasteiger partial charge on any atom is 0.242 e. The highest BCUT2D eigenvalue weighted by molar-refractivity contribution is 7.89. The van der Waals surface area contributed by atoms with E-state index in [1.165, 1.54) is 18.4 Å². The first-order valence-electron chi connectivity index (χ1n) is 15.5. The summed E-state index contributed by atoms with van der Waals surface area (Å²) in [4.78, 5) is 39.4. The van der Waals surface area contributed by atoms with Crippen molar-refractivity contribution in [1.29, 1.82) is 0 Å². The van der Waals surface area contributed by atoms with E-state index in [-0.39, 0.29) is 41.3 Å². The van der Waals surface area contributed by atoms with E-state index in [1.807, 2.05) is 31.2 Å². The Hall–Kier alpha value is -3.86. The van der Waals surface area contributed by atoms with Crippen molar-refractivity contribution >= 4 is 38.9 Å². The molecular weight excluding hydrogens is 588 g/mol. The Morgan fingerprint density at radius 3 is 2.36 bits per heavy atom. The number of nitrogens with one attached hydrogen (secondary N) is 2. The van der Waals surface area contributed by atoms with Gasteiger partial charge in [-0.1, -0.05) is 30.3 Å². The van der Waals surface area contributed by atoms with Crippen LogP contribution in [-0.2, 0) is 26.0 Å². The van der Waals surface area contributed by atoms with E-state index in [1.54, 1.807) is 36.4 Å². The number of ketones is 2. The zero-order chi connectivity index (χ0) is 32.3. The largest absolute Gasteiger partial charge is 0.377 e. The third-order valence-corrected chi connectivity index (χ3v) is 11.0. The summed E-state index contributed by atoms with van der Waals surface area (Å²) in [6.45, 7) is 2.81. The van der Waals surface area contributed by atoms with Gasteiger partial charge in [-0.15, -0.1) is 0 Å². The zero-order valence-electron chi connectivity index (χ0n) is 26.1. The molecule has 0 unspecified atom stereocenters. The summed E-state index contributed by atoms with van der Waals surface area (Å²) in [7, 11) is -0.569. The van der Waals surface area contributed by atoms with Gasteiger partial charge in [0.1, 0.15) is 5.78 Å². The van der Waals surface area contributed by atoms with Crippen molar-refractivity contribution in [1.82, 2.24) is 4.31 Å². The quantitative estimate of drug-likeness (QED) is 0.270. The molecule has 1 heterocycles. The van der Waals surface area contributed by atoms with Crippen LogP contribution >= 0.6 is 0 Å². The number of nitrogens with zero attached hydrogens (tertiary/aromatic N) is 1. The molecule has 1 fully saturated rings. The third kappa shape index (κ3) is 7.35. The van der Waals surface area contributed by atoms with Crippen LogP contribution in [-0.4, -0.2) is 57.4 Å². The average Bonchev–Trinajstić information content (AvgIpc) is 3.40. The van der Waals surface area contributed by atoms with Crippen molar-refractivity contribution in [2.45, 2.75) is 50.3 Å². The minimum absolute atomic E-state index is 0.0143. The molecule has 0 radical (unpaired) electrons. The van der Waals surface area contributed by atoms with Gasteiger partial charge in [-0.2, -0.15) is 0 Å². The van der Waals surface area contributed by atoms with Crippen LogP contribution < -0.4 is 16.4 Å². The summed E-state index contributed by atoms with van der Waals surface area (Å²) in [5.41, 5.74) is 11.2. The molecular formula is C35H42N4O5S. The van der Waals surface area contributed by atoms with Gasteiger partial charge in [0.2, 0.25) is 15.9 Å². The monoisotopic (exact) mass is 630 g/mol. The number of fused-ring (bicyclic) bond motifs is 1. The molecule has 238 valence electrons. The SMILES string of the molecule is Cc1ccc(S(=O)(=O)N(C)C)cc1-c1ccc(C[C@H](CC(=O)C2CCC(CN)CC2)C(=O)Nc2ccc3c(c2)NCC3=O)cc1. The van der Waals surface area contributed by atoms with E-state index < -0.39 is 15.9 Å².